The molecule has 2 aromatic carbocycles. The normalized spacial score (nSPS) is 16.1. The topological polar surface area (TPSA) is 135 Å². The van der Waals surface area contributed by atoms with Crippen molar-refractivity contribution >= 4 is 74.3 Å². The number of amides is 1. The van der Waals surface area contributed by atoms with Gasteiger partial charge in [-0.3, -0.25) is 9.97 Å². The lowest BCUT2D eigenvalue weighted by atomic mass is 10.0. The lowest BCUT2D eigenvalue weighted by Gasteiger charge is -2.40. The molecule has 2 aliphatic heterocycles. The molecule has 1 amide bonds. The highest BCUT2D eigenvalue weighted by Crippen LogP contribution is 2.41. The Hall–Kier alpha value is -3.96. The van der Waals surface area contributed by atoms with Gasteiger partial charge in [-0.25, -0.2) is 9.78 Å². The molecule has 236 valence electrons. The average molecular weight is 696 g/mol. The van der Waals surface area contributed by atoms with Crippen molar-refractivity contribution in [2.75, 3.05) is 62.2 Å². The Morgan fingerprint density at radius 1 is 1.04 bits per heavy atom. The molecule has 14 heteroatoms. The fourth-order valence-electron chi connectivity index (χ4n) is 6.03. The van der Waals surface area contributed by atoms with E-state index in [1.54, 1.807) is 39.0 Å². The maximum atomic E-state index is 13.4. The summed E-state index contributed by atoms with van der Waals surface area (Å²) in [4.78, 5) is 34.5. The second-order valence-electron chi connectivity index (χ2n) is 11.6. The second-order valence-corrected chi connectivity index (χ2v) is 15.6. The van der Waals surface area contributed by atoms with Crippen LogP contribution in [0.2, 0.25) is 0 Å². The molecule has 2 aliphatic rings. The number of carbonyl (C=O) groups is 1. The van der Waals surface area contributed by atoms with E-state index in [0.717, 1.165) is 55.8 Å². The van der Waals surface area contributed by atoms with Crippen LogP contribution in [0.3, 0.4) is 0 Å². The number of methoxy groups -OCH3 is 1. The summed E-state index contributed by atoms with van der Waals surface area (Å²) in [6.45, 7) is 8.45. The molecule has 45 heavy (non-hydrogen) atoms. The molecule has 2 N–H and O–H groups in total. The molecule has 2 fully saturated rings. The molecule has 12 nitrogen and oxygen atoms in total. The monoisotopic (exact) mass is 694 g/mol. The summed E-state index contributed by atoms with van der Waals surface area (Å²) in [5, 5.41) is 7.27. The zero-order valence-corrected chi connectivity index (χ0v) is 28.2. The summed E-state index contributed by atoms with van der Waals surface area (Å²) in [6.07, 6.45) is 7.34. The van der Waals surface area contributed by atoms with Gasteiger partial charge in [0.15, 0.2) is 0 Å². The Kier molecular flexibility index (Phi) is 8.83. The third-order valence-electron chi connectivity index (χ3n) is 8.16. The number of anilines is 5. The number of aromatic nitrogens is 4. The smallest absolute Gasteiger partial charge is 0.410 e. The fraction of sp³-hybridized carbons (Fsp3) is 0.387. The Bertz CT molecular complexity index is 1790. The van der Waals surface area contributed by atoms with E-state index in [1.165, 1.54) is 0 Å². The van der Waals surface area contributed by atoms with Crippen molar-refractivity contribution in [1.82, 2.24) is 24.8 Å². The van der Waals surface area contributed by atoms with E-state index in [-0.39, 0.29) is 12.1 Å². The van der Waals surface area contributed by atoms with Crippen molar-refractivity contribution in [3.63, 3.8) is 0 Å². The van der Waals surface area contributed by atoms with E-state index in [0.29, 0.717) is 50.6 Å². The Morgan fingerprint density at radius 3 is 2.56 bits per heavy atom. The van der Waals surface area contributed by atoms with Crippen LogP contribution in [0.5, 0.6) is 5.75 Å². The summed E-state index contributed by atoms with van der Waals surface area (Å²) in [5.74, 6) is 1.52. The van der Waals surface area contributed by atoms with Gasteiger partial charge in [0.25, 0.3) is 0 Å². The molecule has 0 radical (unpaired) electrons. The quantitative estimate of drug-likeness (QED) is 0.209. The van der Waals surface area contributed by atoms with Crippen molar-refractivity contribution in [1.29, 1.82) is 0 Å². The number of aryl methyl sites for hydroxylation is 1. The van der Waals surface area contributed by atoms with Crippen LogP contribution in [0.15, 0.2) is 47.3 Å². The highest BCUT2D eigenvalue weighted by molar-refractivity contribution is 9.10. The minimum atomic E-state index is -2.75. The molecule has 0 unspecified atom stereocenters. The van der Waals surface area contributed by atoms with E-state index in [4.69, 9.17) is 14.5 Å². The molecule has 0 aliphatic carbocycles. The summed E-state index contributed by atoms with van der Waals surface area (Å²) in [6, 6.07) is 7.96. The number of benzene rings is 2. The van der Waals surface area contributed by atoms with Gasteiger partial charge >= 0.3 is 6.09 Å². The molecule has 6 rings (SSSR count). The SMILES string of the molecule is COc1cc(N2CCC(N3CCCOC3=O)CC2)c(C)cc1Nc1ncc(Br)c(Nc2ccc3nccnc3c2P(C)(C)=O)n1. The van der Waals surface area contributed by atoms with E-state index in [9.17, 15) is 9.36 Å². The van der Waals surface area contributed by atoms with Gasteiger partial charge in [0, 0.05) is 56.0 Å². The lowest BCUT2D eigenvalue weighted by Crippen LogP contribution is -2.50. The van der Waals surface area contributed by atoms with Crippen molar-refractivity contribution in [3.8, 4) is 5.75 Å². The van der Waals surface area contributed by atoms with Crippen LogP contribution in [-0.2, 0) is 9.30 Å². The first-order valence-electron chi connectivity index (χ1n) is 14.8. The van der Waals surface area contributed by atoms with E-state index in [2.05, 4.69) is 53.3 Å². The fourth-order valence-corrected chi connectivity index (χ4v) is 7.72. The van der Waals surface area contributed by atoms with Crippen LogP contribution in [0, 0.1) is 6.92 Å². The number of hydrogen-bond acceptors (Lipinski definition) is 11. The number of fused-ring (bicyclic) bond motifs is 1. The number of hydrogen-bond donors (Lipinski definition) is 2. The molecular formula is C31H36BrN8O4P. The molecule has 0 saturated carbocycles. The number of halogens is 1. The van der Waals surface area contributed by atoms with Crippen molar-refractivity contribution in [3.05, 3.63) is 52.9 Å². The number of piperidine rings is 1. The predicted octanol–water partition coefficient (Wildman–Crippen LogP) is 6.05. The maximum absolute atomic E-state index is 13.4. The zero-order valence-electron chi connectivity index (χ0n) is 25.7. The molecule has 4 aromatic rings. The lowest BCUT2D eigenvalue weighted by molar-refractivity contribution is 0.0499. The van der Waals surface area contributed by atoms with Crippen molar-refractivity contribution in [2.45, 2.75) is 32.2 Å². The zero-order chi connectivity index (χ0) is 31.7. The number of cyclic esters (lactones) is 1. The predicted molar refractivity (Wildman–Crippen MR) is 181 cm³/mol. The number of rotatable bonds is 8. The van der Waals surface area contributed by atoms with Crippen LogP contribution in [-0.4, -0.2) is 83.7 Å². The molecule has 2 saturated heterocycles. The van der Waals surface area contributed by atoms with E-state index < -0.39 is 7.14 Å². The van der Waals surface area contributed by atoms with E-state index in [1.807, 2.05) is 29.2 Å². The van der Waals surface area contributed by atoms with Crippen LogP contribution >= 0.6 is 23.1 Å². The largest absolute Gasteiger partial charge is 0.494 e. The van der Waals surface area contributed by atoms with Crippen molar-refractivity contribution in [2.24, 2.45) is 0 Å². The molecule has 2 aromatic heterocycles. The average Bonchev–Trinajstić information content (AvgIpc) is 3.02. The maximum Gasteiger partial charge on any atom is 0.410 e. The third kappa shape index (κ3) is 6.55. The number of ether oxygens (including phenoxy) is 2. The molecular weight excluding hydrogens is 659 g/mol. The van der Waals surface area contributed by atoms with Crippen LogP contribution in [0.25, 0.3) is 11.0 Å². The highest BCUT2D eigenvalue weighted by Gasteiger charge is 2.31. The Morgan fingerprint density at radius 2 is 1.82 bits per heavy atom. The first kappa shape index (κ1) is 31.0. The Balaban J connectivity index is 1.22. The molecule has 4 heterocycles. The summed E-state index contributed by atoms with van der Waals surface area (Å²) in [7, 11) is -1.11. The van der Waals surface area contributed by atoms with Crippen LogP contribution < -0.4 is 25.6 Å². The highest BCUT2D eigenvalue weighted by atomic mass is 79.9. The standard InChI is InChI=1S/C31H36BrN8O4P/c1-19-16-24(26(43-2)17-25(19)39-13-8-20(9-14-39)40-12-5-15-44-31(40)41)37-30-35-18-21(32)29(38-30)36-23-7-6-22-27(34-11-10-33-22)28(23)45(3,4)42/h6-7,10-11,16-18,20H,5,8-9,12-15H2,1-4H3,(H2,35,36,37,38). The van der Waals surface area contributed by atoms with Gasteiger partial charge in [0.05, 0.1) is 40.4 Å². The number of nitrogens with zero attached hydrogens (tertiary/aromatic N) is 6. The first-order chi connectivity index (χ1) is 21.6. The van der Waals surface area contributed by atoms with Crippen LogP contribution in [0.4, 0.5) is 33.6 Å². The number of nitrogens with one attached hydrogen (secondary N) is 2. The van der Waals surface area contributed by atoms with Crippen LogP contribution in [0.1, 0.15) is 24.8 Å². The molecule has 0 spiro atoms. The van der Waals surface area contributed by atoms with Gasteiger partial charge in [-0.1, -0.05) is 0 Å². The van der Waals surface area contributed by atoms with Gasteiger partial charge in [-0.05, 0) is 79.2 Å². The van der Waals surface area contributed by atoms with Gasteiger partial charge in [0.1, 0.15) is 24.2 Å². The van der Waals surface area contributed by atoms with E-state index >= 15 is 0 Å². The summed E-state index contributed by atoms with van der Waals surface area (Å²) in [5.41, 5.74) is 4.80. The van der Waals surface area contributed by atoms with Gasteiger partial charge in [-0.2, -0.15) is 4.98 Å². The molecule has 0 bridgehead atoms. The summed E-state index contributed by atoms with van der Waals surface area (Å²) < 4.78 is 25.1. The first-order valence-corrected chi connectivity index (χ1v) is 18.2. The minimum absolute atomic E-state index is 0.191. The second kappa shape index (κ2) is 12.8. The summed E-state index contributed by atoms with van der Waals surface area (Å²) >= 11 is 3.55. The Labute approximate surface area is 270 Å². The van der Waals surface area contributed by atoms with Gasteiger partial charge in [-0.15, -0.1) is 0 Å². The molecule has 0 atom stereocenters. The van der Waals surface area contributed by atoms with Gasteiger partial charge in [0.2, 0.25) is 5.95 Å². The minimum Gasteiger partial charge on any atom is -0.494 e. The van der Waals surface area contributed by atoms with Crippen molar-refractivity contribution < 1.29 is 18.8 Å². The van der Waals surface area contributed by atoms with Gasteiger partial charge < -0.3 is 34.5 Å². The number of carbonyl (C=O) groups excluding carboxylic acids is 1. The third-order valence-corrected chi connectivity index (χ3v) is 10.3.